The Bertz CT molecular complexity index is 617. The number of halogens is 1. The fourth-order valence-corrected chi connectivity index (χ4v) is 3.83. The van der Waals surface area contributed by atoms with E-state index in [-0.39, 0.29) is 5.82 Å². The van der Waals surface area contributed by atoms with Gasteiger partial charge < -0.3 is 20.3 Å². The first-order valence-corrected chi connectivity index (χ1v) is 9.30. The number of nitrogens with zero attached hydrogens (tertiary/aromatic N) is 2. The molecule has 25 heavy (non-hydrogen) atoms. The molecular weight excluding hydrogens is 319 g/mol. The van der Waals surface area contributed by atoms with Crippen LogP contribution in [0.4, 0.5) is 10.1 Å². The largest absolute Gasteiger partial charge is 0.373 e. The van der Waals surface area contributed by atoms with Crippen molar-refractivity contribution in [3.05, 3.63) is 29.6 Å². The van der Waals surface area contributed by atoms with Crippen LogP contribution in [-0.2, 0) is 11.3 Å². The zero-order chi connectivity index (χ0) is 17.8. The van der Waals surface area contributed by atoms with Gasteiger partial charge in [0.05, 0.1) is 23.9 Å². The molecule has 0 spiro atoms. The molecule has 1 aromatic rings. The highest BCUT2D eigenvalue weighted by atomic mass is 19.1. The van der Waals surface area contributed by atoms with Gasteiger partial charge in [0.2, 0.25) is 0 Å². The van der Waals surface area contributed by atoms with Crippen LogP contribution in [0.3, 0.4) is 0 Å². The second-order valence-electron chi connectivity index (χ2n) is 6.74. The highest BCUT2D eigenvalue weighted by molar-refractivity contribution is 5.80. The molecular formula is C19H29FN4O. The van der Waals surface area contributed by atoms with Gasteiger partial charge in [0.1, 0.15) is 5.82 Å². The lowest BCUT2D eigenvalue weighted by atomic mass is 9.96. The Balaban J connectivity index is 1.56. The summed E-state index contributed by atoms with van der Waals surface area (Å²) in [5.74, 6) is 0.571. The van der Waals surface area contributed by atoms with Crippen LogP contribution in [0.2, 0.25) is 0 Å². The van der Waals surface area contributed by atoms with E-state index in [4.69, 9.17) is 4.74 Å². The first-order chi connectivity index (χ1) is 12.1. The third kappa shape index (κ3) is 4.06. The van der Waals surface area contributed by atoms with E-state index in [9.17, 15) is 4.39 Å². The molecule has 3 rings (SSSR count). The van der Waals surface area contributed by atoms with Crippen LogP contribution in [0.1, 0.15) is 38.7 Å². The van der Waals surface area contributed by atoms with Crippen LogP contribution < -0.4 is 15.5 Å². The Morgan fingerprint density at radius 2 is 2.12 bits per heavy atom. The minimum absolute atomic E-state index is 0.174. The number of nitrogens with one attached hydrogen (secondary N) is 2. The van der Waals surface area contributed by atoms with E-state index in [1.165, 1.54) is 6.42 Å². The van der Waals surface area contributed by atoms with Crippen molar-refractivity contribution in [3.8, 4) is 0 Å². The van der Waals surface area contributed by atoms with E-state index in [1.54, 1.807) is 13.1 Å². The number of guanidine groups is 1. The molecule has 138 valence electrons. The Labute approximate surface area is 149 Å². The molecule has 1 aromatic carbocycles. The molecule has 3 unspecified atom stereocenters. The summed E-state index contributed by atoms with van der Waals surface area (Å²) >= 11 is 0. The summed E-state index contributed by atoms with van der Waals surface area (Å²) in [7, 11) is 1.76. The fraction of sp³-hybridized carbons (Fsp3) is 0.632. The monoisotopic (exact) mass is 348 g/mol. The van der Waals surface area contributed by atoms with Gasteiger partial charge in [-0.15, -0.1) is 0 Å². The van der Waals surface area contributed by atoms with Crippen molar-refractivity contribution in [3.63, 3.8) is 0 Å². The van der Waals surface area contributed by atoms with Crippen molar-refractivity contribution in [2.75, 3.05) is 25.0 Å². The maximum absolute atomic E-state index is 14.4. The van der Waals surface area contributed by atoms with E-state index < -0.39 is 0 Å². The number of anilines is 1. The molecule has 0 saturated carbocycles. The number of benzene rings is 1. The molecule has 2 bridgehead atoms. The second kappa shape index (κ2) is 8.04. The molecule has 2 heterocycles. The fourth-order valence-electron chi connectivity index (χ4n) is 3.83. The number of ether oxygens (including phenoxy) is 1. The molecule has 5 nitrogen and oxygen atoms in total. The zero-order valence-corrected chi connectivity index (χ0v) is 15.4. The molecule has 2 aliphatic rings. The van der Waals surface area contributed by atoms with Crippen LogP contribution in [-0.4, -0.2) is 44.3 Å². The first-order valence-electron chi connectivity index (χ1n) is 9.30. The predicted molar refractivity (Wildman–Crippen MR) is 99.6 cm³/mol. The minimum atomic E-state index is -0.174. The summed E-state index contributed by atoms with van der Waals surface area (Å²) in [6.45, 7) is 6.21. The Morgan fingerprint density at radius 1 is 1.32 bits per heavy atom. The van der Waals surface area contributed by atoms with Gasteiger partial charge in [-0.3, -0.25) is 4.99 Å². The van der Waals surface area contributed by atoms with E-state index >= 15 is 0 Å². The second-order valence-corrected chi connectivity index (χ2v) is 6.74. The maximum atomic E-state index is 14.4. The number of aliphatic imine (C=N–C) groups is 1. The number of fused-ring (bicyclic) bond motifs is 2. The molecule has 0 aromatic heterocycles. The van der Waals surface area contributed by atoms with Crippen molar-refractivity contribution in [2.45, 2.75) is 57.9 Å². The molecule has 2 saturated heterocycles. The van der Waals surface area contributed by atoms with Gasteiger partial charge in [-0.1, -0.05) is 6.07 Å². The molecule has 0 radical (unpaired) electrons. The molecule has 0 amide bonds. The lowest BCUT2D eigenvalue weighted by molar-refractivity contribution is 0.0992. The maximum Gasteiger partial charge on any atom is 0.191 e. The van der Waals surface area contributed by atoms with Gasteiger partial charge >= 0.3 is 0 Å². The average molecular weight is 348 g/mol. The lowest BCUT2D eigenvalue weighted by Crippen LogP contribution is -2.47. The Hall–Kier alpha value is -1.82. The van der Waals surface area contributed by atoms with Crippen molar-refractivity contribution < 1.29 is 9.13 Å². The zero-order valence-electron chi connectivity index (χ0n) is 15.4. The molecule has 0 aliphatic carbocycles. The number of rotatable bonds is 6. The predicted octanol–water partition coefficient (Wildman–Crippen LogP) is 2.66. The van der Waals surface area contributed by atoms with E-state index in [0.717, 1.165) is 37.5 Å². The third-order valence-corrected chi connectivity index (χ3v) is 5.23. The summed E-state index contributed by atoms with van der Waals surface area (Å²) in [4.78, 5) is 6.30. The van der Waals surface area contributed by atoms with Crippen molar-refractivity contribution >= 4 is 11.6 Å². The van der Waals surface area contributed by atoms with Crippen LogP contribution in [0.15, 0.2) is 23.2 Å². The SMILES string of the molecule is CCN(CC)c1ccc(CNC(=NC)NC2CC3CCC2O3)cc1F. The molecule has 2 N–H and O–H groups in total. The van der Waals surface area contributed by atoms with E-state index in [0.29, 0.717) is 30.5 Å². The topological polar surface area (TPSA) is 48.9 Å². The standard InChI is InChI=1S/C19H29FN4O/c1-4-24(5-2)17-8-6-13(10-15(17)20)12-22-19(21-3)23-16-11-14-7-9-18(16)25-14/h6,8,10,14,16,18H,4-5,7,9,11-12H2,1-3H3,(H2,21,22,23). The normalized spacial score (nSPS) is 25.3. The smallest absolute Gasteiger partial charge is 0.191 e. The summed E-state index contributed by atoms with van der Waals surface area (Å²) < 4.78 is 20.2. The molecule has 2 fully saturated rings. The molecule has 3 atom stereocenters. The highest BCUT2D eigenvalue weighted by Gasteiger charge is 2.41. The highest BCUT2D eigenvalue weighted by Crippen LogP contribution is 2.34. The van der Waals surface area contributed by atoms with Gasteiger partial charge in [0.25, 0.3) is 0 Å². The minimum Gasteiger partial charge on any atom is -0.373 e. The average Bonchev–Trinajstić information content (AvgIpc) is 3.24. The van der Waals surface area contributed by atoms with Gasteiger partial charge in [-0.2, -0.15) is 0 Å². The number of hydrogen-bond donors (Lipinski definition) is 2. The summed E-state index contributed by atoms with van der Waals surface area (Å²) in [5.41, 5.74) is 1.57. The van der Waals surface area contributed by atoms with E-state index in [1.807, 2.05) is 30.9 Å². The van der Waals surface area contributed by atoms with Crippen LogP contribution >= 0.6 is 0 Å². The van der Waals surface area contributed by atoms with Gasteiger partial charge in [-0.05, 0) is 50.8 Å². The number of hydrogen-bond acceptors (Lipinski definition) is 3. The van der Waals surface area contributed by atoms with Gasteiger partial charge in [0.15, 0.2) is 5.96 Å². The summed E-state index contributed by atoms with van der Waals surface area (Å²) in [5, 5.41) is 6.72. The van der Waals surface area contributed by atoms with Crippen LogP contribution in [0.5, 0.6) is 0 Å². The van der Waals surface area contributed by atoms with Crippen molar-refractivity contribution in [2.24, 2.45) is 4.99 Å². The Kier molecular flexibility index (Phi) is 5.78. The van der Waals surface area contributed by atoms with Gasteiger partial charge in [0, 0.05) is 26.7 Å². The van der Waals surface area contributed by atoms with Gasteiger partial charge in [-0.25, -0.2) is 4.39 Å². The van der Waals surface area contributed by atoms with Crippen molar-refractivity contribution in [1.82, 2.24) is 10.6 Å². The third-order valence-electron chi connectivity index (χ3n) is 5.23. The lowest BCUT2D eigenvalue weighted by Gasteiger charge is -2.23. The Morgan fingerprint density at radius 3 is 2.68 bits per heavy atom. The summed E-state index contributed by atoms with van der Waals surface area (Å²) in [6, 6.07) is 5.76. The molecule has 6 heteroatoms. The van der Waals surface area contributed by atoms with Crippen LogP contribution in [0, 0.1) is 5.82 Å². The quantitative estimate of drug-likeness (QED) is 0.613. The molecule has 2 aliphatic heterocycles. The van der Waals surface area contributed by atoms with Crippen LogP contribution in [0.25, 0.3) is 0 Å². The first kappa shape index (κ1) is 18.0. The summed E-state index contributed by atoms with van der Waals surface area (Å²) in [6.07, 6.45) is 4.04. The van der Waals surface area contributed by atoms with E-state index in [2.05, 4.69) is 15.6 Å². The van der Waals surface area contributed by atoms with Crippen molar-refractivity contribution in [1.29, 1.82) is 0 Å².